The van der Waals surface area contributed by atoms with Crippen LogP contribution in [0.3, 0.4) is 0 Å². The lowest BCUT2D eigenvalue weighted by Gasteiger charge is -2.12. The highest BCUT2D eigenvalue weighted by atomic mass is 16.5. The predicted octanol–water partition coefficient (Wildman–Crippen LogP) is 3.82. The van der Waals surface area contributed by atoms with Crippen molar-refractivity contribution in [3.8, 4) is 5.75 Å². The molecule has 3 aromatic rings. The first-order valence-electron chi connectivity index (χ1n) is 8.25. The van der Waals surface area contributed by atoms with Gasteiger partial charge in [-0.15, -0.1) is 0 Å². The van der Waals surface area contributed by atoms with Gasteiger partial charge in [0.25, 0.3) is 5.91 Å². The van der Waals surface area contributed by atoms with E-state index >= 15 is 0 Å². The molecule has 0 aliphatic carbocycles. The molecule has 0 saturated carbocycles. The summed E-state index contributed by atoms with van der Waals surface area (Å²) in [7, 11) is 0. The van der Waals surface area contributed by atoms with Crippen LogP contribution in [0, 0.1) is 0 Å². The minimum atomic E-state index is -0.297. The molecule has 0 spiro atoms. The standard InChI is InChI=1S/C20H21N3O2/c1-14(2)16-7-4-6-10-19(16)25-13-20(24)23-22-12-15-11-21-18-9-5-3-8-17(15)18/h3-12,14,21H,13H2,1-2H3,(H,23,24)/b22-12+. The highest BCUT2D eigenvalue weighted by molar-refractivity contribution is 5.99. The monoisotopic (exact) mass is 335 g/mol. The van der Waals surface area contributed by atoms with Crippen molar-refractivity contribution in [3.63, 3.8) is 0 Å². The quantitative estimate of drug-likeness (QED) is 0.531. The first kappa shape index (κ1) is 16.8. The van der Waals surface area contributed by atoms with Crippen LogP contribution in [0.5, 0.6) is 5.75 Å². The first-order chi connectivity index (χ1) is 12.1. The number of carbonyl (C=O) groups is 1. The van der Waals surface area contributed by atoms with Gasteiger partial charge in [0, 0.05) is 22.7 Å². The van der Waals surface area contributed by atoms with Gasteiger partial charge in [0.05, 0.1) is 6.21 Å². The number of hydrogen-bond donors (Lipinski definition) is 2. The largest absolute Gasteiger partial charge is 0.483 e. The molecule has 5 heteroatoms. The number of nitrogens with one attached hydrogen (secondary N) is 2. The highest BCUT2D eigenvalue weighted by Crippen LogP contribution is 2.25. The average molecular weight is 335 g/mol. The second-order valence-corrected chi connectivity index (χ2v) is 6.06. The number of para-hydroxylation sites is 2. The summed E-state index contributed by atoms with van der Waals surface area (Å²) in [5, 5.41) is 5.07. The molecule has 25 heavy (non-hydrogen) atoms. The fourth-order valence-electron chi connectivity index (χ4n) is 2.64. The molecule has 0 radical (unpaired) electrons. The number of hydrogen-bond acceptors (Lipinski definition) is 3. The molecule has 1 amide bonds. The summed E-state index contributed by atoms with van der Waals surface area (Å²) < 4.78 is 5.63. The summed E-state index contributed by atoms with van der Waals surface area (Å²) in [6, 6.07) is 15.7. The Labute approximate surface area is 146 Å². The van der Waals surface area contributed by atoms with E-state index < -0.39 is 0 Å². The van der Waals surface area contributed by atoms with Crippen LogP contribution in [0.1, 0.15) is 30.9 Å². The molecular weight excluding hydrogens is 314 g/mol. The molecule has 2 N–H and O–H groups in total. The number of rotatable bonds is 6. The van der Waals surface area contributed by atoms with Gasteiger partial charge in [0.2, 0.25) is 0 Å². The number of hydrazone groups is 1. The third-order valence-corrected chi connectivity index (χ3v) is 3.91. The molecule has 0 bridgehead atoms. The second kappa shape index (κ2) is 7.66. The number of amides is 1. The molecule has 0 aliphatic rings. The van der Waals surface area contributed by atoms with Crippen LogP contribution in [0.25, 0.3) is 10.9 Å². The molecule has 5 nitrogen and oxygen atoms in total. The molecular formula is C20H21N3O2. The summed E-state index contributed by atoms with van der Waals surface area (Å²) in [4.78, 5) is 15.1. The van der Waals surface area contributed by atoms with Crippen LogP contribution in [-0.2, 0) is 4.79 Å². The molecule has 0 saturated heterocycles. The van der Waals surface area contributed by atoms with Crippen LogP contribution >= 0.6 is 0 Å². The van der Waals surface area contributed by atoms with E-state index in [0.29, 0.717) is 5.92 Å². The molecule has 3 rings (SSSR count). The van der Waals surface area contributed by atoms with E-state index in [-0.39, 0.29) is 12.5 Å². The number of fused-ring (bicyclic) bond motifs is 1. The van der Waals surface area contributed by atoms with Crippen LogP contribution in [0.15, 0.2) is 59.8 Å². The van der Waals surface area contributed by atoms with Crippen molar-refractivity contribution in [2.24, 2.45) is 5.10 Å². The molecule has 2 aromatic carbocycles. The topological polar surface area (TPSA) is 66.5 Å². The minimum absolute atomic E-state index is 0.0744. The zero-order chi connectivity index (χ0) is 17.6. The molecule has 0 atom stereocenters. The van der Waals surface area contributed by atoms with Gasteiger partial charge < -0.3 is 9.72 Å². The van der Waals surface area contributed by atoms with Gasteiger partial charge in [0.1, 0.15) is 5.75 Å². The SMILES string of the molecule is CC(C)c1ccccc1OCC(=O)N/N=C/c1c[nH]c2ccccc12. The lowest BCUT2D eigenvalue weighted by atomic mass is 10.0. The summed E-state index contributed by atoms with van der Waals surface area (Å²) in [6.07, 6.45) is 3.48. The Hall–Kier alpha value is -3.08. The van der Waals surface area contributed by atoms with E-state index in [4.69, 9.17) is 4.74 Å². The van der Waals surface area contributed by atoms with Gasteiger partial charge in [-0.3, -0.25) is 4.79 Å². The highest BCUT2D eigenvalue weighted by Gasteiger charge is 2.08. The third kappa shape index (κ3) is 4.07. The fourth-order valence-corrected chi connectivity index (χ4v) is 2.64. The summed E-state index contributed by atoms with van der Waals surface area (Å²) >= 11 is 0. The molecule has 0 aliphatic heterocycles. The number of nitrogens with zero attached hydrogens (tertiary/aromatic N) is 1. The maximum absolute atomic E-state index is 11.9. The first-order valence-corrected chi connectivity index (χ1v) is 8.25. The van der Waals surface area contributed by atoms with E-state index in [1.165, 1.54) is 0 Å². The second-order valence-electron chi connectivity index (χ2n) is 6.06. The fraction of sp³-hybridized carbons (Fsp3) is 0.200. The van der Waals surface area contributed by atoms with Crippen LogP contribution < -0.4 is 10.2 Å². The van der Waals surface area contributed by atoms with Gasteiger partial charge >= 0.3 is 0 Å². The number of H-pyrrole nitrogens is 1. The predicted molar refractivity (Wildman–Crippen MR) is 100 cm³/mol. The van der Waals surface area contributed by atoms with Crippen molar-refractivity contribution in [3.05, 3.63) is 65.9 Å². The maximum atomic E-state index is 11.9. The summed E-state index contributed by atoms with van der Waals surface area (Å²) in [5.41, 5.74) is 5.53. The lowest BCUT2D eigenvalue weighted by molar-refractivity contribution is -0.123. The van der Waals surface area contributed by atoms with Gasteiger partial charge in [0.15, 0.2) is 6.61 Å². The smallest absolute Gasteiger partial charge is 0.277 e. The Morgan fingerprint density at radius 2 is 1.96 bits per heavy atom. The maximum Gasteiger partial charge on any atom is 0.277 e. The van der Waals surface area contributed by atoms with Gasteiger partial charge in [-0.05, 0) is 23.6 Å². The third-order valence-electron chi connectivity index (χ3n) is 3.91. The molecule has 1 heterocycles. The van der Waals surface area contributed by atoms with Gasteiger partial charge in [-0.2, -0.15) is 5.10 Å². The Morgan fingerprint density at radius 1 is 1.20 bits per heavy atom. The number of aromatic amines is 1. The van der Waals surface area contributed by atoms with Crippen LogP contribution in [0.2, 0.25) is 0 Å². The lowest BCUT2D eigenvalue weighted by Crippen LogP contribution is -2.24. The number of benzene rings is 2. The normalized spacial score (nSPS) is 11.3. The van der Waals surface area contributed by atoms with Crippen LogP contribution in [0.4, 0.5) is 0 Å². The summed E-state index contributed by atoms with van der Waals surface area (Å²) in [6.45, 7) is 4.11. The number of aromatic nitrogens is 1. The molecule has 128 valence electrons. The van der Waals surface area contributed by atoms with Crippen molar-refractivity contribution in [1.82, 2.24) is 10.4 Å². The molecule has 1 aromatic heterocycles. The number of ether oxygens (including phenoxy) is 1. The van der Waals surface area contributed by atoms with Crippen LogP contribution in [-0.4, -0.2) is 23.7 Å². The van der Waals surface area contributed by atoms with Crippen molar-refractivity contribution in [1.29, 1.82) is 0 Å². The van der Waals surface area contributed by atoms with E-state index in [1.54, 1.807) is 6.21 Å². The van der Waals surface area contributed by atoms with E-state index in [9.17, 15) is 4.79 Å². The van der Waals surface area contributed by atoms with E-state index in [0.717, 1.165) is 27.8 Å². The Morgan fingerprint density at radius 3 is 2.80 bits per heavy atom. The zero-order valence-electron chi connectivity index (χ0n) is 14.3. The Balaban J connectivity index is 1.57. The van der Waals surface area contributed by atoms with E-state index in [2.05, 4.69) is 29.4 Å². The zero-order valence-corrected chi connectivity index (χ0v) is 14.3. The minimum Gasteiger partial charge on any atom is -0.483 e. The number of carbonyl (C=O) groups excluding carboxylic acids is 1. The average Bonchev–Trinajstić information content (AvgIpc) is 3.03. The van der Waals surface area contributed by atoms with E-state index in [1.807, 2.05) is 54.7 Å². The molecule has 0 unspecified atom stereocenters. The van der Waals surface area contributed by atoms with Gasteiger partial charge in [-0.25, -0.2) is 5.43 Å². The van der Waals surface area contributed by atoms with Gasteiger partial charge in [-0.1, -0.05) is 50.2 Å². The Bertz CT molecular complexity index is 897. The van der Waals surface area contributed by atoms with Crippen molar-refractivity contribution >= 4 is 23.0 Å². The molecule has 0 fully saturated rings. The van der Waals surface area contributed by atoms with Crippen molar-refractivity contribution in [2.45, 2.75) is 19.8 Å². The van der Waals surface area contributed by atoms with Crippen molar-refractivity contribution in [2.75, 3.05) is 6.61 Å². The van der Waals surface area contributed by atoms with Crippen molar-refractivity contribution < 1.29 is 9.53 Å². The summed E-state index contributed by atoms with van der Waals surface area (Å²) in [5.74, 6) is 0.766. The Kier molecular flexibility index (Phi) is 5.14.